The van der Waals surface area contributed by atoms with Gasteiger partial charge in [0.05, 0.1) is 24.9 Å². The van der Waals surface area contributed by atoms with Crippen LogP contribution in [0, 0.1) is 0 Å². The molecule has 1 aromatic heterocycles. The Morgan fingerprint density at radius 3 is 2.75 bits per heavy atom. The van der Waals surface area contributed by atoms with E-state index in [2.05, 4.69) is 5.10 Å². The number of aromatic nitrogens is 2. The molecule has 0 aliphatic carbocycles. The summed E-state index contributed by atoms with van der Waals surface area (Å²) in [6.07, 6.45) is -1.67. The van der Waals surface area contributed by atoms with Gasteiger partial charge in [0.2, 0.25) is 0 Å². The van der Waals surface area contributed by atoms with Crippen LogP contribution >= 0.6 is 0 Å². The summed E-state index contributed by atoms with van der Waals surface area (Å²) in [7, 11) is 1.53. The monoisotopic (exact) mass is 286 g/mol. The lowest BCUT2D eigenvalue weighted by Crippen LogP contribution is -2.07. The lowest BCUT2D eigenvalue weighted by atomic mass is 10.0. The number of methoxy groups -OCH3 is 1. The van der Waals surface area contributed by atoms with Gasteiger partial charge in [-0.05, 0) is 23.8 Å². The van der Waals surface area contributed by atoms with E-state index in [4.69, 9.17) is 4.74 Å². The number of aromatic hydroxyl groups is 1. The molecule has 0 atom stereocenters. The quantitative estimate of drug-likeness (QED) is 0.940. The summed E-state index contributed by atoms with van der Waals surface area (Å²) in [5, 5.41) is 13.2. The van der Waals surface area contributed by atoms with Gasteiger partial charge in [0.1, 0.15) is 5.75 Å². The van der Waals surface area contributed by atoms with Crippen LogP contribution in [-0.4, -0.2) is 28.6 Å². The van der Waals surface area contributed by atoms with Gasteiger partial charge in [-0.1, -0.05) is 0 Å². The normalized spacial score (nSPS) is 11.8. The number of hydrogen-bond acceptors (Lipinski definition) is 3. The van der Waals surface area contributed by atoms with Crippen molar-refractivity contribution in [3.8, 4) is 16.9 Å². The highest BCUT2D eigenvalue weighted by molar-refractivity contribution is 5.67. The number of phenolic OH excluding ortho intramolecular Hbond substituents is 1. The summed E-state index contributed by atoms with van der Waals surface area (Å²) in [5.41, 5.74) is -0.559. The van der Waals surface area contributed by atoms with Gasteiger partial charge in [-0.25, -0.2) is 0 Å². The van der Waals surface area contributed by atoms with E-state index in [1.54, 1.807) is 0 Å². The predicted octanol–water partition coefficient (Wildman–Crippen LogP) is 2.92. The fourth-order valence-electron chi connectivity index (χ4n) is 1.83. The molecule has 0 unspecified atom stereocenters. The third-order valence-electron chi connectivity index (χ3n) is 2.78. The second-order valence-corrected chi connectivity index (χ2v) is 4.21. The SMILES string of the molecule is COCCn1cc(-c2ccc(O)cc2C(F)(F)F)cn1. The number of benzene rings is 1. The Kier molecular flexibility index (Phi) is 3.99. The summed E-state index contributed by atoms with van der Waals surface area (Å²) in [6.45, 7) is 0.874. The molecule has 0 aliphatic rings. The van der Waals surface area contributed by atoms with Crippen molar-refractivity contribution in [2.45, 2.75) is 12.7 Å². The van der Waals surface area contributed by atoms with Crippen molar-refractivity contribution in [1.29, 1.82) is 0 Å². The van der Waals surface area contributed by atoms with E-state index in [1.807, 2.05) is 0 Å². The van der Waals surface area contributed by atoms with Crippen molar-refractivity contribution in [3.05, 3.63) is 36.2 Å². The Morgan fingerprint density at radius 2 is 2.10 bits per heavy atom. The van der Waals surface area contributed by atoms with Crippen molar-refractivity contribution < 1.29 is 23.0 Å². The highest BCUT2D eigenvalue weighted by atomic mass is 19.4. The third-order valence-corrected chi connectivity index (χ3v) is 2.78. The first kappa shape index (κ1) is 14.4. The van der Waals surface area contributed by atoms with Crippen LogP contribution in [0.3, 0.4) is 0 Å². The Morgan fingerprint density at radius 1 is 1.35 bits per heavy atom. The zero-order chi connectivity index (χ0) is 14.8. The number of rotatable bonds is 4. The number of ether oxygens (including phenoxy) is 1. The average molecular weight is 286 g/mol. The minimum Gasteiger partial charge on any atom is -0.508 e. The van der Waals surface area contributed by atoms with Crippen LogP contribution in [0.1, 0.15) is 5.56 Å². The number of nitrogens with zero attached hydrogens (tertiary/aromatic N) is 2. The molecule has 0 saturated heterocycles. The molecule has 0 aliphatic heterocycles. The van der Waals surface area contributed by atoms with Crippen LogP contribution in [-0.2, 0) is 17.5 Å². The zero-order valence-corrected chi connectivity index (χ0v) is 10.7. The van der Waals surface area contributed by atoms with Crippen molar-refractivity contribution in [2.24, 2.45) is 0 Å². The Bertz CT molecular complexity index is 594. The first-order chi connectivity index (χ1) is 9.41. The van der Waals surface area contributed by atoms with Gasteiger partial charge in [-0.3, -0.25) is 4.68 Å². The number of hydrogen-bond donors (Lipinski definition) is 1. The van der Waals surface area contributed by atoms with Crippen LogP contribution < -0.4 is 0 Å². The molecule has 20 heavy (non-hydrogen) atoms. The van der Waals surface area contributed by atoms with Crippen molar-refractivity contribution >= 4 is 0 Å². The Balaban J connectivity index is 2.39. The van der Waals surface area contributed by atoms with Gasteiger partial charge >= 0.3 is 6.18 Å². The Labute approximate surface area is 113 Å². The minimum atomic E-state index is -4.54. The maximum Gasteiger partial charge on any atom is 0.417 e. The average Bonchev–Trinajstić information content (AvgIpc) is 2.84. The largest absolute Gasteiger partial charge is 0.508 e. The van der Waals surface area contributed by atoms with Crippen molar-refractivity contribution in [2.75, 3.05) is 13.7 Å². The van der Waals surface area contributed by atoms with E-state index >= 15 is 0 Å². The van der Waals surface area contributed by atoms with Gasteiger partial charge in [0.15, 0.2) is 0 Å². The van der Waals surface area contributed by atoms with Crippen LogP contribution in [0.4, 0.5) is 13.2 Å². The summed E-state index contributed by atoms with van der Waals surface area (Å²) < 4.78 is 45.3. The number of alkyl halides is 3. The fourth-order valence-corrected chi connectivity index (χ4v) is 1.83. The summed E-state index contributed by atoms with van der Waals surface area (Å²) >= 11 is 0. The maximum absolute atomic E-state index is 13.0. The standard InChI is InChI=1S/C13H13F3N2O2/c1-20-5-4-18-8-9(7-17-18)11-3-2-10(19)6-12(11)13(14,15)16/h2-3,6-8,19H,4-5H2,1H3. The van der Waals surface area contributed by atoms with Gasteiger partial charge in [-0.15, -0.1) is 0 Å². The van der Waals surface area contributed by atoms with Gasteiger partial charge in [0.25, 0.3) is 0 Å². The zero-order valence-electron chi connectivity index (χ0n) is 10.7. The molecule has 4 nitrogen and oxygen atoms in total. The Hall–Kier alpha value is -2.02. The molecule has 1 heterocycles. The molecule has 0 saturated carbocycles. The van der Waals surface area contributed by atoms with E-state index in [1.165, 1.54) is 36.3 Å². The van der Waals surface area contributed by atoms with E-state index in [0.717, 1.165) is 0 Å². The summed E-state index contributed by atoms with van der Waals surface area (Å²) in [6, 6.07) is 3.16. The smallest absolute Gasteiger partial charge is 0.417 e. The summed E-state index contributed by atoms with van der Waals surface area (Å²) in [4.78, 5) is 0. The topological polar surface area (TPSA) is 47.3 Å². The first-order valence-electron chi connectivity index (χ1n) is 5.84. The van der Waals surface area contributed by atoms with Crippen molar-refractivity contribution in [3.63, 3.8) is 0 Å². The molecule has 1 aromatic carbocycles. The van der Waals surface area contributed by atoms with Gasteiger partial charge in [0, 0.05) is 18.9 Å². The summed E-state index contributed by atoms with van der Waals surface area (Å²) in [5.74, 6) is -0.423. The minimum absolute atomic E-state index is 0.0148. The highest BCUT2D eigenvalue weighted by Crippen LogP contribution is 2.38. The molecular weight excluding hydrogens is 273 g/mol. The van der Waals surface area contributed by atoms with E-state index < -0.39 is 17.5 Å². The molecule has 0 radical (unpaired) electrons. The molecular formula is C13H13F3N2O2. The fraction of sp³-hybridized carbons (Fsp3) is 0.308. The molecule has 108 valence electrons. The predicted molar refractivity (Wildman–Crippen MR) is 66.2 cm³/mol. The van der Waals surface area contributed by atoms with E-state index in [9.17, 15) is 18.3 Å². The van der Waals surface area contributed by atoms with Crippen LogP contribution in [0.15, 0.2) is 30.6 Å². The second kappa shape index (κ2) is 5.54. The highest BCUT2D eigenvalue weighted by Gasteiger charge is 2.34. The number of halogens is 3. The molecule has 0 bridgehead atoms. The number of phenols is 1. The molecule has 2 aromatic rings. The maximum atomic E-state index is 13.0. The van der Waals surface area contributed by atoms with Crippen LogP contribution in [0.5, 0.6) is 5.75 Å². The molecule has 7 heteroatoms. The van der Waals surface area contributed by atoms with Gasteiger partial charge < -0.3 is 9.84 Å². The lowest BCUT2D eigenvalue weighted by Gasteiger charge is -2.12. The van der Waals surface area contributed by atoms with Crippen LogP contribution in [0.25, 0.3) is 11.1 Å². The van der Waals surface area contributed by atoms with Gasteiger partial charge in [-0.2, -0.15) is 18.3 Å². The van der Waals surface area contributed by atoms with Crippen LogP contribution in [0.2, 0.25) is 0 Å². The van der Waals surface area contributed by atoms with Crippen molar-refractivity contribution in [1.82, 2.24) is 9.78 Å². The molecule has 0 amide bonds. The first-order valence-corrected chi connectivity index (χ1v) is 5.84. The lowest BCUT2D eigenvalue weighted by molar-refractivity contribution is -0.137. The second-order valence-electron chi connectivity index (χ2n) is 4.21. The van der Waals surface area contributed by atoms with E-state index in [-0.39, 0.29) is 5.56 Å². The van der Waals surface area contributed by atoms with E-state index in [0.29, 0.717) is 24.8 Å². The molecule has 0 spiro atoms. The molecule has 0 fully saturated rings. The molecule has 1 N–H and O–H groups in total. The molecule has 2 rings (SSSR count). The third kappa shape index (κ3) is 3.11.